The Kier molecular flexibility index (Phi) is 8.74. The van der Waals surface area contributed by atoms with Gasteiger partial charge >= 0.3 is 0 Å². The number of carbonyl (C=O) groups is 1. The maximum Gasteiger partial charge on any atom is 0.246 e. The molecular weight excluding hydrogens is 166 g/mol. The second kappa shape index (κ2) is 7.76. The average molecular weight is 187 g/mol. The molecule has 78 valence electrons. The average Bonchev–Trinajstić information content (AvgIpc) is 1.97. The summed E-state index contributed by atoms with van der Waals surface area (Å²) < 4.78 is 0. The van der Waals surface area contributed by atoms with Crippen molar-refractivity contribution in [1.82, 2.24) is 16.4 Å². The van der Waals surface area contributed by atoms with E-state index in [1.807, 2.05) is 14.1 Å². The third-order valence-electron chi connectivity index (χ3n) is 1.46. The molecule has 0 fully saturated rings. The first-order valence-electron chi connectivity index (χ1n) is 4.12. The van der Waals surface area contributed by atoms with Crippen LogP contribution in [0.5, 0.6) is 0 Å². The van der Waals surface area contributed by atoms with Crippen LogP contribution >= 0.6 is 0 Å². The minimum atomic E-state index is -0.0474. The number of rotatable bonds is 5. The van der Waals surface area contributed by atoms with Crippen molar-refractivity contribution in [3.8, 4) is 0 Å². The highest BCUT2D eigenvalue weighted by atomic mass is 16.1. The first kappa shape index (κ1) is 14.6. The molecule has 4 heteroatoms. The second-order valence-electron chi connectivity index (χ2n) is 3.19. The Morgan fingerprint density at radius 3 is 2.38 bits per heavy atom. The highest BCUT2D eigenvalue weighted by Crippen LogP contribution is 1.86. The van der Waals surface area contributed by atoms with Crippen molar-refractivity contribution in [2.24, 2.45) is 0 Å². The van der Waals surface area contributed by atoms with Gasteiger partial charge in [0, 0.05) is 12.1 Å². The van der Waals surface area contributed by atoms with Gasteiger partial charge in [0.05, 0.1) is 0 Å². The molecule has 0 radical (unpaired) electrons. The summed E-state index contributed by atoms with van der Waals surface area (Å²) >= 11 is 0. The molecular formula is C9H21N3O. The Bertz CT molecular complexity index is 166. The Morgan fingerprint density at radius 1 is 1.46 bits per heavy atom. The second-order valence-corrected chi connectivity index (χ2v) is 3.19. The van der Waals surface area contributed by atoms with Crippen LogP contribution in [-0.2, 0) is 4.79 Å². The van der Waals surface area contributed by atoms with Gasteiger partial charge in [-0.1, -0.05) is 6.58 Å². The number of nitrogens with one attached hydrogen (secondary N) is 1. The van der Waals surface area contributed by atoms with E-state index >= 15 is 0 Å². The van der Waals surface area contributed by atoms with Crippen LogP contribution in [0, 0.1) is 0 Å². The monoisotopic (exact) mass is 187 g/mol. The summed E-state index contributed by atoms with van der Waals surface area (Å²) in [6.45, 7) is 6.98. The van der Waals surface area contributed by atoms with Crippen LogP contribution in [0.15, 0.2) is 12.2 Å². The maximum atomic E-state index is 11.0. The zero-order valence-electron chi connectivity index (χ0n) is 8.89. The van der Waals surface area contributed by atoms with Crippen LogP contribution in [0.3, 0.4) is 0 Å². The van der Waals surface area contributed by atoms with Gasteiger partial charge in [0.25, 0.3) is 0 Å². The summed E-state index contributed by atoms with van der Waals surface area (Å²) in [5.41, 5.74) is 0.569. The Morgan fingerprint density at radius 2 is 2.00 bits per heavy atom. The third-order valence-corrected chi connectivity index (χ3v) is 1.46. The van der Waals surface area contributed by atoms with Crippen LogP contribution in [0.25, 0.3) is 0 Å². The van der Waals surface area contributed by atoms with Crippen molar-refractivity contribution in [3.05, 3.63) is 12.2 Å². The smallest absolute Gasteiger partial charge is 0.246 e. The fourth-order valence-corrected chi connectivity index (χ4v) is 0.748. The van der Waals surface area contributed by atoms with Gasteiger partial charge in [-0.25, -0.2) is 0 Å². The molecule has 0 aromatic rings. The van der Waals surface area contributed by atoms with Crippen molar-refractivity contribution in [2.75, 3.05) is 27.2 Å². The first-order valence-corrected chi connectivity index (χ1v) is 4.12. The van der Waals surface area contributed by atoms with Gasteiger partial charge in [-0.15, -0.1) is 0 Å². The van der Waals surface area contributed by atoms with Gasteiger partial charge in [-0.3, -0.25) is 4.79 Å². The van der Waals surface area contributed by atoms with Crippen LogP contribution < -0.4 is 11.5 Å². The van der Waals surface area contributed by atoms with E-state index in [9.17, 15) is 4.79 Å². The van der Waals surface area contributed by atoms with Gasteiger partial charge in [0.2, 0.25) is 5.91 Å². The molecule has 0 saturated carbocycles. The normalized spacial score (nSPS) is 9.23. The predicted octanol–water partition coefficient (Wildman–Crippen LogP) is 0.792. The van der Waals surface area contributed by atoms with Crippen LogP contribution in [0.2, 0.25) is 0 Å². The fourth-order valence-electron chi connectivity index (χ4n) is 0.748. The molecule has 0 spiro atoms. The molecule has 4 nitrogen and oxygen atoms in total. The molecule has 0 bridgehead atoms. The topological polar surface area (TPSA) is 67.3 Å². The van der Waals surface area contributed by atoms with E-state index < -0.39 is 0 Å². The van der Waals surface area contributed by atoms with Gasteiger partial charge in [0.15, 0.2) is 0 Å². The lowest BCUT2D eigenvalue weighted by molar-refractivity contribution is -0.117. The van der Waals surface area contributed by atoms with Crippen LogP contribution in [0.1, 0.15) is 13.3 Å². The molecule has 4 N–H and O–H groups in total. The number of hydrogen-bond acceptors (Lipinski definition) is 3. The minimum absolute atomic E-state index is 0. The molecule has 0 aromatic carbocycles. The molecule has 0 unspecified atom stereocenters. The molecule has 0 aliphatic heterocycles. The quantitative estimate of drug-likeness (QED) is 0.494. The van der Waals surface area contributed by atoms with Crippen molar-refractivity contribution in [1.29, 1.82) is 0 Å². The van der Waals surface area contributed by atoms with E-state index in [2.05, 4.69) is 16.8 Å². The van der Waals surface area contributed by atoms with Gasteiger partial charge in [-0.2, -0.15) is 0 Å². The Labute approximate surface area is 80.6 Å². The molecule has 0 heterocycles. The minimum Gasteiger partial charge on any atom is -0.352 e. The van der Waals surface area contributed by atoms with Crippen molar-refractivity contribution >= 4 is 5.91 Å². The van der Waals surface area contributed by atoms with Gasteiger partial charge in [0.1, 0.15) is 0 Å². The molecule has 0 saturated heterocycles. The van der Waals surface area contributed by atoms with Crippen molar-refractivity contribution in [3.63, 3.8) is 0 Å². The van der Waals surface area contributed by atoms with Gasteiger partial charge in [-0.05, 0) is 34.0 Å². The fraction of sp³-hybridized carbons (Fsp3) is 0.667. The summed E-state index contributed by atoms with van der Waals surface area (Å²) in [6, 6.07) is 0. The maximum absolute atomic E-state index is 11.0. The molecule has 0 aliphatic rings. The third kappa shape index (κ3) is 9.04. The zero-order valence-corrected chi connectivity index (χ0v) is 8.89. The largest absolute Gasteiger partial charge is 0.352 e. The van der Waals surface area contributed by atoms with E-state index in [4.69, 9.17) is 0 Å². The zero-order chi connectivity index (χ0) is 9.56. The predicted molar refractivity (Wildman–Crippen MR) is 56.0 cm³/mol. The SMILES string of the molecule is C=C(C)C(=O)NCCCN(C)C.N. The molecule has 0 aliphatic carbocycles. The van der Waals surface area contributed by atoms with E-state index in [1.165, 1.54) is 0 Å². The summed E-state index contributed by atoms with van der Waals surface area (Å²) in [7, 11) is 4.03. The first-order chi connectivity index (χ1) is 5.54. The standard InChI is InChI=1S/C9H18N2O.H3N/c1-8(2)9(12)10-6-5-7-11(3)4;/h1,5-7H2,2-4H3,(H,10,12);1H3. The lowest BCUT2D eigenvalue weighted by atomic mass is 10.3. The number of carbonyl (C=O) groups excluding carboxylic acids is 1. The number of hydrogen-bond donors (Lipinski definition) is 2. The van der Waals surface area contributed by atoms with Crippen LogP contribution in [-0.4, -0.2) is 38.0 Å². The van der Waals surface area contributed by atoms with E-state index in [1.54, 1.807) is 6.92 Å². The molecule has 1 amide bonds. The summed E-state index contributed by atoms with van der Waals surface area (Å²) in [4.78, 5) is 13.1. The highest BCUT2D eigenvalue weighted by molar-refractivity contribution is 5.91. The van der Waals surface area contributed by atoms with E-state index in [0.29, 0.717) is 5.57 Å². The molecule has 13 heavy (non-hydrogen) atoms. The lowest BCUT2D eigenvalue weighted by Gasteiger charge is -2.09. The summed E-state index contributed by atoms with van der Waals surface area (Å²) in [5.74, 6) is -0.0474. The number of amides is 1. The van der Waals surface area contributed by atoms with Gasteiger partial charge < -0.3 is 16.4 Å². The Balaban J connectivity index is 0. The highest BCUT2D eigenvalue weighted by Gasteiger charge is 1.99. The summed E-state index contributed by atoms with van der Waals surface area (Å²) in [6.07, 6.45) is 0.978. The van der Waals surface area contributed by atoms with Crippen LogP contribution in [0.4, 0.5) is 0 Å². The molecule has 0 aromatic heterocycles. The molecule has 0 atom stereocenters. The van der Waals surface area contributed by atoms with Crippen molar-refractivity contribution in [2.45, 2.75) is 13.3 Å². The van der Waals surface area contributed by atoms with Crippen molar-refractivity contribution < 1.29 is 4.79 Å². The Hall–Kier alpha value is -0.870. The van der Waals surface area contributed by atoms with E-state index in [0.717, 1.165) is 19.5 Å². The lowest BCUT2D eigenvalue weighted by Crippen LogP contribution is -2.27. The summed E-state index contributed by atoms with van der Waals surface area (Å²) in [5, 5.41) is 2.77. The number of nitrogens with zero attached hydrogens (tertiary/aromatic N) is 1. The molecule has 0 rings (SSSR count). The van der Waals surface area contributed by atoms with E-state index in [-0.39, 0.29) is 12.1 Å².